The van der Waals surface area contributed by atoms with Gasteiger partial charge in [-0.25, -0.2) is 4.79 Å². The number of aromatic nitrogens is 2. The van der Waals surface area contributed by atoms with Crippen LogP contribution in [0.1, 0.15) is 12.2 Å². The molecule has 2 rings (SSSR count). The summed E-state index contributed by atoms with van der Waals surface area (Å²) in [6, 6.07) is -0.307. The maximum atomic E-state index is 11.6. The number of carboxylic acid groups (broad SMARTS) is 1. The number of carboxylic acids is 1. The van der Waals surface area contributed by atoms with E-state index in [0.29, 0.717) is 18.8 Å². The molecule has 1 aromatic heterocycles. The van der Waals surface area contributed by atoms with Gasteiger partial charge in [0.2, 0.25) is 6.39 Å². The Kier molecular flexibility index (Phi) is 3.22. The number of carbonyl (C=O) groups excluding carboxylic acids is 1. The van der Waals surface area contributed by atoms with Gasteiger partial charge in [-0.3, -0.25) is 4.79 Å². The first-order valence-electron chi connectivity index (χ1n) is 5.17. The van der Waals surface area contributed by atoms with Crippen LogP contribution in [0.2, 0.25) is 0 Å². The van der Waals surface area contributed by atoms with E-state index in [9.17, 15) is 9.59 Å². The number of hydrogen-bond acceptors (Lipinski definition) is 5. The van der Waals surface area contributed by atoms with Gasteiger partial charge < -0.3 is 19.8 Å². The van der Waals surface area contributed by atoms with Crippen molar-refractivity contribution >= 4 is 12.0 Å². The van der Waals surface area contributed by atoms with Gasteiger partial charge in [0.25, 0.3) is 0 Å². The van der Waals surface area contributed by atoms with Crippen molar-refractivity contribution in [3.63, 3.8) is 0 Å². The molecule has 8 nitrogen and oxygen atoms in total. The van der Waals surface area contributed by atoms with E-state index in [4.69, 9.17) is 5.11 Å². The van der Waals surface area contributed by atoms with Crippen molar-refractivity contribution in [2.75, 3.05) is 13.1 Å². The number of carbonyl (C=O) groups is 2. The maximum Gasteiger partial charge on any atom is 0.317 e. The standard InChI is InChI=1S/C9H12N4O4/c14-8(15)6-1-2-13(4-6)9(16)10-3-7-11-5-17-12-7/h5-6H,1-4H2,(H,10,16)(H,14,15). The molecule has 1 atom stereocenters. The van der Waals surface area contributed by atoms with Crippen LogP contribution < -0.4 is 5.32 Å². The zero-order valence-corrected chi connectivity index (χ0v) is 9.00. The zero-order valence-electron chi connectivity index (χ0n) is 9.00. The molecule has 0 spiro atoms. The molecule has 0 aromatic carbocycles. The summed E-state index contributed by atoms with van der Waals surface area (Å²) in [5, 5.41) is 14.9. The largest absolute Gasteiger partial charge is 0.481 e. The van der Waals surface area contributed by atoms with E-state index < -0.39 is 11.9 Å². The summed E-state index contributed by atoms with van der Waals surface area (Å²) < 4.78 is 4.52. The third-order valence-corrected chi connectivity index (χ3v) is 2.63. The predicted octanol–water partition coefficient (Wildman–Crippen LogP) is -0.314. The molecule has 0 bridgehead atoms. The molecular formula is C9H12N4O4. The van der Waals surface area contributed by atoms with Gasteiger partial charge >= 0.3 is 12.0 Å². The number of aliphatic carboxylic acids is 1. The summed E-state index contributed by atoms with van der Waals surface area (Å²) in [5.41, 5.74) is 0. The van der Waals surface area contributed by atoms with E-state index in [1.165, 1.54) is 11.3 Å². The average Bonchev–Trinajstić information content (AvgIpc) is 2.96. The van der Waals surface area contributed by atoms with E-state index in [-0.39, 0.29) is 19.1 Å². The molecule has 1 aliphatic rings. The van der Waals surface area contributed by atoms with E-state index in [1.54, 1.807) is 0 Å². The van der Waals surface area contributed by atoms with Crippen molar-refractivity contribution in [1.29, 1.82) is 0 Å². The zero-order chi connectivity index (χ0) is 12.3. The summed E-state index contributed by atoms with van der Waals surface area (Å²) in [5.74, 6) is -0.947. The SMILES string of the molecule is O=C(O)C1CCN(C(=O)NCc2ncon2)C1. The van der Waals surface area contributed by atoms with E-state index in [0.717, 1.165) is 0 Å². The van der Waals surface area contributed by atoms with Crippen LogP contribution in [0.3, 0.4) is 0 Å². The number of hydrogen-bond donors (Lipinski definition) is 2. The van der Waals surface area contributed by atoms with Gasteiger partial charge in [-0.2, -0.15) is 4.98 Å². The number of likely N-dealkylation sites (tertiary alicyclic amines) is 1. The molecule has 0 radical (unpaired) electrons. The minimum absolute atomic E-state index is 0.170. The van der Waals surface area contributed by atoms with Crippen molar-refractivity contribution in [3.8, 4) is 0 Å². The second-order valence-electron chi connectivity index (χ2n) is 3.78. The van der Waals surface area contributed by atoms with Crippen molar-refractivity contribution in [3.05, 3.63) is 12.2 Å². The molecule has 2 heterocycles. The van der Waals surface area contributed by atoms with Gasteiger partial charge in [0.1, 0.15) is 0 Å². The third kappa shape index (κ3) is 2.71. The highest BCUT2D eigenvalue weighted by Crippen LogP contribution is 2.16. The molecule has 17 heavy (non-hydrogen) atoms. The van der Waals surface area contributed by atoms with E-state index >= 15 is 0 Å². The molecule has 0 saturated carbocycles. The number of rotatable bonds is 3. The second kappa shape index (κ2) is 4.81. The molecule has 0 aliphatic carbocycles. The highest BCUT2D eigenvalue weighted by atomic mass is 16.5. The Labute approximate surface area is 96.6 Å². The van der Waals surface area contributed by atoms with Gasteiger partial charge in [-0.1, -0.05) is 5.16 Å². The van der Waals surface area contributed by atoms with Gasteiger partial charge in [0.15, 0.2) is 5.82 Å². The Morgan fingerprint density at radius 2 is 2.47 bits per heavy atom. The Hall–Kier alpha value is -2.12. The predicted molar refractivity (Wildman–Crippen MR) is 53.8 cm³/mol. The lowest BCUT2D eigenvalue weighted by Crippen LogP contribution is -2.38. The number of urea groups is 1. The van der Waals surface area contributed by atoms with E-state index in [1.807, 2.05) is 0 Å². The highest BCUT2D eigenvalue weighted by Gasteiger charge is 2.30. The fourth-order valence-electron chi connectivity index (χ4n) is 1.68. The minimum atomic E-state index is -0.863. The Bertz CT molecular complexity index is 405. The summed E-state index contributed by atoms with van der Waals surface area (Å²) >= 11 is 0. The van der Waals surface area contributed by atoms with Gasteiger partial charge in [-0.15, -0.1) is 0 Å². The fraction of sp³-hybridized carbons (Fsp3) is 0.556. The molecule has 1 fully saturated rings. The first-order chi connectivity index (χ1) is 8.16. The van der Waals surface area contributed by atoms with Crippen LogP contribution in [-0.2, 0) is 11.3 Å². The molecule has 1 unspecified atom stereocenters. The van der Waals surface area contributed by atoms with Crippen molar-refractivity contribution in [2.45, 2.75) is 13.0 Å². The van der Waals surface area contributed by atoms with Crippen LogP contribution in [0, 0.1) is 5.92 Å². The molecular weight excluding hydrogens is 228 g/mol. The number of nitrogens with one attached hydrogen (secondary N) is 1. The first-order valence-corrected chi connectivity index (χ1v) is 5.17. The van der Waals surface area contributed by atoms with Crippen LogP contribution >= 0.6 is 0 Å². The minimum Gasteiger partial charge on any atom is -0.481 e. The van der Waals surface area contributed by atoms with Gasteiger partial charge in [0.05, 0.1) is 12.5 Å². The number of nitrogens with zero attached hydrogens (tertiary/aromatic N) is 3. The fourth-order valence-corrected chi connectivity index (χ4v) is 1.68. The van der Waals surface area contributed by atoms with Crippen LogP contribution in [0.4, 0.5) is 4.79 Å². The normalized spacial score (nSPS) is 19.3. The van der Waals surface area contributed by atoms with Crippen LogP contribution in [0.15, 0.2) is 10.9 Å². The molecule has 2 N–H and O–H groups in total. The van der Waals surface area contributed by atoms with Crippen LogP contribution in [0.5, 0.6) is 0 Å². The molecule has 8 heteroatoms. The Balaban J connectivity index is 1.79. The van der Waals surface area contributed by atoms with Crippen LogP contribution in [-0.4, -0.2) is 45.2 Å². The van der Waals surface area contributed by atoms with Gasteiger partial charge in [0, 0.05) is 13.1 Å². The maximum absolute atomic E-state index is 11.6. The Morgan fingerprint density at radius 3 is 3.06 bits per heavy atom. The quantitative estimate of drug-likeness (QED) is 0.749. The Morgan fingerprint density at radius 1 is 1.65 bits per heavy atom. The first kappa shape index (κ1) is 11.4. The average molecular weight is 240 g/mol. The smallest absolute Gasteiger partial charge is 0.317 e. The molecule has 1 saturated heterocycles. The lowest BCUT2D eigenvalue weighted by molar-refractivity contribution is -0.141. The monoisotopic (exact) mass is 240 g/mol. The number of amides is 2. The van der Waals surface area contributed by atoms with Crippen LogP contribution in [0.25, 0.3) is 0 Å². The third-order valence-electron chi connectivity index (χ3n) is 2.63. The summed E-state index contributed by atoms with van der Waals surface area (Å²) in [6.45, 7) is 0.867. The summed E-state index contributed by atoms with van der Waals surface area (Å²) in [6.07, 6.45) is 1.67. The molecule has 92 valence electrons. The summed E-state index contributed by atoms with van der Waals surface area (Å²) in [7, 11) is 0. The lowest BCUT2D eigenvalue weighted by Gasteiger charge is -2.15. The molecule has 2 amide bonds. The molecule has 1 aromatic rings. The van der Waals surface area contributed by atoms with E-state index in [2.05, 4.69) is 20.0 Å². The van der Waals surface area contributed by atoms with Crippen molar-refractivity contribution in [2.24, 2.45) is 5.92 Å². The lowest BCUT2D eigenvalue weighted by atomic mass is 10.1. The second-order valence-corrected chi connectivity index (χ2v) is 3.78. The van der Waals surface area contributed by atoms with Crippen molar-refractivity contribution < 1.29 is 19.2 Å². The molecule has 1 aliphatic heterocycles. The summed E-state index contributed by atoms with van der Waals surface area (Å²) in [4.78, 5) is 27.6. The van der Waals surface area contributed by atoms with Gasteiger partial charge in [-0.05, 0) is 6.42 Å². The topological polar surface area (TPSA) is 109 Å². The van der Waals surface area contributed by atoms with Crippen molar-refractivity contribution in [1.82, 2.24) is 20.4 Å². The highest BCUT2D eigenvalue weighted by molar-refractivity contribution is 5.77.